The SMILES string of the molecule is CC(C)C(NC(=O)NC1CCN(Cc2ccccc2)CC1)c1ccc(F)cc1. The summed E-state index contributed by atoms with van der Waals surface area (Å²) < 4.78 is 13.2. The van der Waals surface area contributed by atoms with Gasteiger partial charge in [-0.05, 0) is 42.0 Å². The largest absolute Gasteiger partial charge is 0.335 e. The Morgan fingerprint density at radius 2 is 1.71 bits per heavy atom. The molecule has 0 aliphatic carbocycles. The van der Waals surface area contributed by atoms with Gasteiger partial charge in [-0.25, -0.2) is 9.18 Å². The van der Waals surface area contributed by atoms with Crippen LogP contribution in [0.25, 0.3) is 0 Å². The number of nitrogens with zero attached hydrogens (tertiary/aromatic N) is 1. The fourth-order valence-corrected chi connectivity index (χ4v) is 3.75. The molecule has 150 valence electrons. The van der Waals surface area contributed by atoms with E-state index in [2.05, 4.69) is 53.6 Å². The number of urea groups is 1. The summed E-state index contributed by atoms with van der Waals surface area (Å²) in [6.45, 7) is 7.02. The molecule has 0 aromatic heterocycles. The van der Waals surface area contributed by atoms with Crippen LogP contribution in [-0.4, -0.2) is 30.1 Å². The quantitative estimate of drug-likeness (QED) is 0.772. The van der Waals surface area contributed by atoms with E-state index < -0.39 is 0 Å². The van der Waals surface area contributed by atoms with Crippen molar-refractivity contribution < 1.29 is 9.18 Å². The minimum absolute atomic E-state index is 0.140. The van der Waals surface area contributed by atoms with Crippen LogP contribution >= 0.6 is 0 Å². The summed E-state index contributed by atoms with van der Waals surface area (Å²) >= 11 is 0. The molecule has 1 aliphatic rings. The van der Waals surface area contributed by atoms with E-state index in [4.69, 9.17) is 0 Å². The van der Waals surface area contributed by atoms with Crippen LogP contribution in [0.2, 0.25) is 0 Å². The first-order valence-electron chi connectivity index (χ1n) is 10.1. The summed E-state index contributed by atoms with van der Waals surface area (Å²) in [4.78, 5) is 15.0. The third-order valence-electron chi connectivity index (χ3n) is 5.35. The van der Waals surface area contributed by atoms with Gasteiger partial charge in [0.05, 0.1) is 6.04 Å². The van der Waals surface area contributed by atoms with Crippen LogP contribution < -0.4 is 10.6 Å². The van der Waals surface area contributed by atoms with Crippen LogP contribution in [0.3, 0.4) is 0 Å². The van der Waals surface area contributed by atoms with Gasteiger partial charge in [0, 0.05) is 25.7 Å². The minimum Gasteiger partial charge on any atom is -0.335 e. The second kappa shape index (κ2) is 9.69. The van der Waals surface area contributed by atoms with Crippen molar-refractivity contribution in [3.8, 4) is 0 Å². The molecule has 1 saturated heterocycles. The Kier molecular flexibility index (Phi) is 7.04. The average Bonchev–Trinajstić information content (AvgIpc) is 2.69. The van der Waals surface area contributed by atoms with Crippen LogP contribution in [-0.2, 0) is 6.54 Å². The van der Waals surface area contributed by atoms with Crippen molar-refractivity contribution in [2.24, 2.45) is 5.92 Å². The average molecular weight is 384 g/mol. The first kappa shape index (κ1) is 20.3. The molecule has 1 unspecified atom stereocenters. The molecule has 4 nitrogen and oxygen atoms in total. The lowest BCUT2D eigenvalue weighted by Gasteiger charge is -2.33. The predicted molar refractivity (Wildman–Crippen MR) is 110 cm³/mol. The molecule has 2 aromatic carbocycles. The number of piperidine rings is 1. The van der Waals surface area contributed by atoms with Crippen molar-refractivity contribution in [1.29, 1.82) is 0 Å². The highest BCUT2D eigenvalue weighted by atomic mass is 19.1. The van der Waals surface area contributed by atoms with Crippen LogP contribution in [0.15, 0.2) is 54.6 Å². The summed E-state index contributed by atoms with van der Waals surface area (Å²) in [6.07, 6.45) is 1.90. The van der Waals surface area contributed by atoms with E-state index in [1.165, 1.54) is 17.7 Å². The summed E-state index contributed by atoms with van der Waals surface area (Å²) in [6, 6.07) is 16.7. The summed E-state index contributed by atoms with van der Waals surface area (Å²) in [5.74, 6) is -0.0538. The van der Waals surface area contributed by atoms with Crippen molar-refractivity contribution in [1.82, 2.24) is 15.5 Å². The second-order valence-corrected chi connectivity index (χ2v) is 7.93. The fourth-order valence-electron chi connectivity index (χ4n) is 3.75. The monoisotopic (exact) mass is 383 g/mol. The molecule has 1 fully saturated rings. The number of hydrogen-bond donors (Lipinski definition) is 2. The fraction of sp³-hybridized carbons (Fsp3) is 0.435. The normalized spacial score (nSPS) is 16.7. The number of rotatable bonds is 6. The number of halogens is 1. The predicted octanol–water partition coefficient (Wildman–Crippen LogP) is 4.49. The van der Waals surface area contributed by atoms with E-state index in [9.17, 15) is 9.18 Å². The van der Waals surface area contributed by atoms with Crippen molar-refractivity contribution in [2.45, 2.75) is 45.3 Å². The maximum absolute atomic E-state index is 13.2. The van der Waals surface area contributed by atoms with E-state index in [-0.39, 0.29) is 29.8 Å². The Balaban J connectivity index is 1.47. The number of amides is 2. The minimum atomic E-state index is -0.266. The van der Waals surface area contributed by atoms with Crippen LogP contribution in [0.1, 0.15) is 43.9 Å². The highest BCUT2D eigenvalue weighted by molar-refractivity contribution is 5.74. The van der Waals surface area contributed by atoms with Crippen molar-refractivity contribution >= 4 is 6.03 Å². The van der Waals surface area contributed by atoms with Gasteiger partial charge in [0.15, 0.2) is 0 Å². The maximum atomic E-state index is 13.2. The Morgan fingerprint density at radius 1 is 1.07 bits per heavy atom. The van der Waals surface area contributed by atoms with E-state index in [1.807, 2.05) is 6.07 Å². The maximum Gasteiger partial charge on any atom is 0.315 e. The molecule has 2 N–H and O–H groups in total. The zero-order valence-electron chi connectivity index (χ0n) is 16.7. The van der Waals surface area contributed by atoms with Gasteiger partial charge in [0.2, 0.25) is 0 Å². The number of carbonyl (C=O) groups excluding carboxylic acids is 1. The van der Waals surface area contributed by atoms with Gasteiger partial charge in [-0.2, -0.15) is 0 Å². The molecule has 3 rings (SSSR count). The Hall–Kier alpha value is -2.40. The highest BCUT2D eigenvalue weighted by Gasteiger charge is 2.23. The molecule has 1 heterocycles. The van der Waals surface area contributed by atoms with Crippen molar-refractivity contribution in [3.63, 3.8) is 0 Å². The number of carbonyl (C=O) groups is 1. The molecule has 2 amide bonds. The topological polar surface area (TPSA) is 44.4 Å². The molecule has 5 heteroatoms. The zero-order chi connectivity index (χ0) is 19.9. The summed E-state index contributed by atoms with van der Waals surface area (Å²) in [5.41, 5.74) is 2.25. The smallest absolute Gasteiger partial charge is 0.315 e. The number of benzene rings is 2. The van der Waals surface area contributed by atoms with Crippen molar-refractivity contribution in [2.75, 3.05) is 13.1 Å². The number of hydrogen-bond acceptors (Lipinski definition) is 2. The summed E-state index contributed by atoms with van der Waals surface area (Å²) in [5, 5.41) is 6.18. The third kappa shape index (κ3) is 5.80. The Morgan fingerprint density at radius 3 is 2.32 bits per heavy atom. The molecule has 0 radical (unpaired) electrons. The molecule has 1 atom stereocenters. The van der Waals surface area contributed by atoms with Crippen molar-refractivity contribution in [3.05, 3.63) is 71.5 Å². The second-order valence-electron chi connectivity index (χ2n) is 7.93. The van der Waals surface area contributed by atoms with E-state index in [0.29, 0.717) is 0 Å². The van der Waals surface area contributed by atoms with Gasteiger partial charge in [0.25, 0.3) is 0 Å². The van der Waals surface area contributed by atoms with E-state index >= 15 is 0 Å². The molecule has 2 aromatic rings. The lowest BCUT2D eigenvalue weighted by atomic mass is 9.96. The zero-order valence-corrected chi connectivity index (χ0v) is 16.7. The standard InChI is InChI=1S/C23H30FN3O/c1-17(2)22(19-8-10-20(24)11-9-19)26-23(28)25-21-12-14-27(15-13-21)16-18-6-4-3-5-7-18/h3-11,17,21-22H,12-16H2,1-2H3,(H2,25,26,28). The van der Waals surface area contributed by atoms with Gasteiger partial charge in [0.1, 0.15) is 5.82 Å². The van der Waals surface area contributed by atoms with Crippen LogP contribution in [0, 0.1) is 11.7 Å². The van der Waals surface area contributed by atoms with E-state index in [0.717, 1.165) is 38.0 Å². The Bertz CT molecular complexity index is 740. The van der Waals surface area contributed by atoms with E-state index in [1.54, 1.807) is 12.1 Å². The van der Waals surface area contributed by atoms with Crippen LogP contribution in [0.5, 0.6) is 0 Å². The Labute approximate surface area is 167 Å². The molecule has 28 heavy (non-hydrogen) atoms. The molecule has 0 bridgehead atoms. The molecule has 1 aliphatic heterocycles. The van der Waals surface area contributed by atoms with Gasteiger partial charge in [-0.3, -0.25) is 4.90 Å². The lowest BCUT2D eigenvalue weighted by molar-refractivity contribution is 0.184. The first-order valence-corrected chi connectivity index (χ1v) is 10.1. The first-order chi connectivity index (χ1) is 13.5. The molecular formula is C23H30FN3O. The van der Waals surface area contributed by atoms with Gasteiger partial charge in [-0.15, -0.1) is 0 Å². The number of nitrogens with one attached hydrogen (secondary N) is 2. The summed E-state index contributed by atoms with van der Waals surface area (Å²) in [7, 11) is 0. The van der Waals surface area contributed by atoms with Gasteiger partial charge >= 0.3 is 6.03 Å². The number of likely N-dealkylation sites (tertiary alicyclic amines) is 1. The third-order valence-corrected chi connectivity index (χ3v) is 5.35. The highest BCUT2D eigenvalue weighted by Crippen LogP contribution is 2.22. The van der Waals surface area contributed by atoms with Crippen LogP contribution in [0.4, 0.5) is 9.18 Å². The molecule has 0 saturated carbocycles. The molecule has 0 spiro atoms. The molecular weight excluding hydrogens is 353 g/mol. The van der Waals surface area contributed by atoms with Gasteiger partial charge in [-0.1, -0.05) is 56.3 Å². The lowest BCUT2D eigenvalue weighted by Crippen LogP contribution is -2.48. The van der Waals surface area contributed by atoms with Gasteiger partial charge < -0.3 is 10.6 Å².